The molecule has 5 nitrogen and oxygen atoms in total. The lowest BCUT2D eigenvalue weighted by atomic mass is 9.99. The van der Waals surface area contributed by atoms with Crippen LogP contribution in [0.2, 0.25) is 0 Å². The van der Waals surface area contributed by atoms with Gasteiger partial charge in [0, 0.05) is 0 Å². The Labute approximate surface area is 107 Å². The maximum Gasteiger partial charge on any atom is 0.268 e. The van der Waals surface area contributed by atoms with Gasteiger partial charge in [0.2, 0.25) is 0 Å². The van der Waals surface area contributed by atoms with Crippen molar-refractivity contribution in [2.24, 2.45) is 11.8 Å². The number of hydrogen-bond acceptors (Lipinski definition) is 4. The molecule has 0 saturated carbocycles. The molecular weight excluding hydrogens is 230 g/mol. The number of amides is 1. The van der Waals surface area contributed by atoms with Crippen molar-refractivity contribution in [2.45, 2.75) is 33.2 Å². The number of aryl methyl sites for hydroxylation is 1. The van der Waals surface area contributed by atoms with Gasteiger partial charge in [0.25, 0.3) is 5.91 Å². The number of hydrogen-bond donors (Lipinski definition) is 2. The predicted molar refractivity (Wildman–Crippen MR) is 68.8 cm³/mol. The van der Waals surface area contributed by atoms with Gasteiger partial charge in [-0.05, 0) is 44.8 Å². The molecule has 0 unspecified atom stereocenters. The first kappa shape index (κ1) is 13.1. The Balaban J connectivity index is 2.00. The van der Waals surface area contributed by atoms with Crippen LogP contribution in [0.1, 0.15) is 41.6 Å². The van der Waals surface area contributed by atoms with Crippen LogP contribution in [0.5, 0.6) is 0 Å². The summed E-state index contributed by atoms with van der Waals surface area (Å²) in [5.74, 6) is 7.11. The molecule has 1 saturated heterocycles. The van der Waals surface area contributed by atoms with Crippen molar-refractivity contribution < 1.29 is 9.21 Å². The Hall–Kier alpha value is -1.33. The van der Waals surface area contributed by atoms with Gasteiger partial charge >= 0.3 is 0 Å². The second-order valence-corrected chi connectivity index (χ2v) is 5.11. The zero-order valence-electron chi connectivity index (χ0n) is 11.0. The minimum absolute atomic E-state index is 0.297. The second kappa shape index (κ2) is 5.54. The molecule has 0 aromatic carbocycles. The van der Waals surface area contributed by atoms with Gasteiger partial charge in [-0.3, -0.25) is 15.1 Å². The van der Waals surface area contributed by atoms with E-state index >= 15 is 0 Å². The lowest BCUT2D eigenvalue weighted by Crippen LogP contribution is -2.32. The molecule has 1 amide bonds. The summed E-state index contributed by atoms with van der Waals surface area (Å²) in [6.07, 6.45) is 2.46. The van der Waals surface area contributed by atoms with E-state index in [1.54, 1.807) is 13.0 Å². The average Bonchev–Trinajstić information content (AvgIpc) is 2.72. The number of likely N-dealkylation sites (tertiary alicyclic amines) is 1. The van der Waals surface area contributed by atoms with Crippen LogP contribution in [0, 0.1) is 12.8 Å². The number of carbonyl (C=O) groups is 1. The first-order chi connectivity index (χ1) is 8.60. The molecular formula is C13H21N3O2. The molecule has 2 rings (SSSR count). The highest BCUT2D eigenvalue weighted by atomic mass is 16.3. The van der Waals surface area contributed by atoms with E-state index in [1.165, 1.54) is 12.8 Å². The number of carbonyl (C=O) groups excluding carboxylic acids is 1. The van der Waals surface area contributed by atoms with E-state index < -0.39 is 0 Å². The molecule has 3 N–H and O–H groups in total. The Morgan fingerprint density at radius 1 is 1.56 bits per heavy atom. The average molecular weight is 251 g/mol. The summed E-state index contributed by atoms with van der Waals surface area (Å²) in [7, 11) is 0. The molecule has 1 aromatic rings. The first-order valence-corrected chi connectivity index (χ1v) is 6.42. The number of nitrogen functional groups attached to an aromatic ring is 1. The number of furan rings is 1. The monoisotopic (exact) mass is 251 g/mol. The van der Waals surface area contributed by atoms with Gasteiger partial charge in [-0.15, -0.1) is 0 Å². The Morgan fingerprint density at radius 3 is 2.83 bits per heavy atom. The normalized spacial score (nSPS) is 17.9. The maximum absolute atomic E-state index is 11.5. The molecule has 100 valence electrons. The molecule has 1 fully saturated rings. The fourth-order valence-corrected chi connectivity index (χ4v) is 2.37. The number of nitrogens with one attached hydrogen (secondary N) is 1. The minimum atomic E-state index is -0.297. The Bertz CT molecular complexity index is 420. The molecule has 2 heterocycles. The van der Waals surface area contributed by atoms with Gasteiger partial charge in [-0.25, -0.2) is 5.84 Å². The third-order valence-electron chi connectivity index (χ3n) is 3.60. The van der Waals surface area contributed by atoms with Crippen LogP contribution in [0.25, 0.3) is 0 Å². The Morgan fingerprint density at radius 2 is 2.22 bits per heavy atom. The van der Waals surface area contributed by atoms with E-state index in [2.05, 4.69) is 17.2 Å². The zero-order valence-corrected chi connectivity index (χ0v) is 11.0. The summed E-state index contributed by atoms with van der Waals surface area (Å²) >= 11 is 0. The fourth-order valence-electron chi connectivity index (χ4n) is 2.37. The van der Waals surface area contributed by atoms with Crippen LogP contribution in [-0.2, 0) is 6.54 Å². The van der Waals surface area contributed by atoms with Gasteiger partial charge in [-0.1, -0.05) is 6.92 Å². The zero-order chi connectivity index (χ0) is 13.1. The van der Waals surface area contributed by atoms with E-state index in [-0.39, 0.29) is 5.91 Å². The van der Waals surface area contributed by atoms with Gasteiger partial charge in [0.15, 0.2) is 0 Å². The summed E-state index contributed by atoms with van der Waals surface area (Å²) in [6, 6.07) is 1.79. The topological polar surface area (TPSA) is 71.5 Å². The number of rotatable bonds is 3. The number of nitrogens with two attached hydrogens (primary N) is 1. The first-order valence-electron chi connectivity index (χ1n) is 6.42. The van der Waals surface area contributed by atoms with E-state index in [9.17, 15) is 4.79 Å². The summed E-state index contributed by atoms with van der Waals surface area (Å²) in [6.45, 7) is 7.04. The quantitative estimate of drug-likeness (QED) is 0.484. The number of piperidine rings is 1. The van der Waals surface area contributed by atoms with E-state index in [0.717, 1.165) is 31.3 Å². The van der Waals surface area contributed by atoms with Crippen molar-refractivity contribution in [1.82, 2.24) is 10.3 Å². The minimum Gasteiger partial charge on any atom is -0.464 e. The van der Waals surface area contributed by atoms with Gasteiger partial charge in [-0.2, -0.15) is 0 Å². The third-order valence-corrected chi connectivity index (χ3v) is 3.60. The summed E-state index contributed by atoms with van der Waals surface area (Å²) in [5, 5.41) is 0. The Kier molecular flexibility index (Phi) is 4.04. The standard InChI is InChI=1S/C13H21N3O2/c1-9-3-5-16(6-4-9)8-11-7-12(10(2)18-11)13(17)15-14/h7,9H,3-6,8,14H2,1-2H3,(H,15,17). The molecule has 0 bridgehead atoms. The number of hydrazine groups is 1. The highest BCUT2D eigenvalue weighted by Gasteiger charge is 2.19. The predicted octanol–water partition coefficient (Wildman–Crippen LogP) is 1.42. The molecule has 5 heteroatoms. The highest BCUT2D eigenvalue weighted by Crippen LogP contribution is 2.20. The molecule has 0 spiro atoms. The molecule has 0 atom stereocenters. The SMILES string of the molecule is Cc1oc(CN2CCC(C)CC2)cc1C(=O)NN. The molecule has 1 aromatic heterocycles. The lowest BCUT2D eigenvalue weighted by molar-refractivity contribution is 0.0952. The van der Waals surface area contributed by atoms with Crippen molar-refractivity contribution in [3.8, 4) is 0 Å². The van der Waals surface area contributed by atoms with Crippen molar-refractivity contribution in [3.05, 3.63) is 23.2 Å². The third kappa shape index (κ3) is 2.91. The smallest absolute Gasteiger partial charge is 0.268 e. The maximum atomic E-state index is 11.5. The van der Waals surface area contributed by atoms with Crippen molar-refractivity contribution in [3.63, 3.8) is 0 Å². The summed E-state index contributed by atoms with van der Waals surface area (Å²) in [4.78, 5) is 13.8. The van der Waals surface area contributed by atoms with E-state index in [1.807, 2.05) is 0 Å². The van der Waals surface area contributed by atoms with Crippen molar-refractivity contribution in [2.75, 3.05) is 13.1 Å². The van der Waals surface area contributed by atoms with Crippen LogP contribution < -0.4 is 11.3 Å². The van der Waals surface area contributed by atoms with Crippen LogP contribution >= 0.6 is 0 Å². The van der Waals surface area contributed by atoms with Gasteiger partial charge in [0.05, 0.1) is 12.1 Å². The molecule has 18 heavy (non-hydrogen) atoms. The van der Waals surface area contributed by atoms with Crippen LogP contribution in [0.4, 0.5) is 0 Å². The van der Waals surface area contributed by atoms with Crippen molar-refractivity contribution in [1.29, 1.82) is 0 Å². The fraction of sp³-hybridized carbons (Fsp3) is 0.615. The largest absolute Gasteiger partial charge is 0.464 e. The second-order valence-electron chi connectivity index (χ2n) is 5.11. The molecule has 0 radical (unpaired) electrons. The van der Waals surface area contributed by atoms with Crippen LogP contribution in [0.3, 0.4) is 0 Å². The van der Waals surface area contributed by atoms with Gasteiger partial charge in [0.1, 0.15) is 11.5 Å². The van der Waals surface area contributed by atoms with Crippen LogP contribution in [-0.4, -0.2) is 23.9 Å². The molecule has 0 aliphatic carbocycles. The highest BCUT2D eigenvalue weighted by molar-refractivity contribution is 5.94. The van der Waals surface area contributed by atoms with E-state index in [4.69, 9.17) is 10.3 Å². The molecule has 1 aliphatic heterocycles. The molecule has 1 aliphatic rings. The number of nitrogens with zero attached hydrogens (tertiary/aromatic N) is 1. The van der Waals surface area contributed by atoms with Crippen LogP contribution in [0.15, 0.2) is 10.5 Å². The lowest BCUT2D eigenvalue weighted by Gasteiger charge is -2.29. The van der Waals surface area contributed by atoms with Gasteiger partial charge < -0.3 is 4.42 Å². The van der Waals surface area contributed by atoms with E-state index in [0.29, 0.717) is 11.3 Å². The summed E-state index contributed by atoms with van der Waals surface area (Å²) in [5.41, 5.74) is 2.66. The summed E-state index contributed by atoms with van der Waals surface area (Å²) < 4.78 is 5.61. The van der Waals surface area contributed by atoms with Crippen molar-refractivity contribution >= 4 is 5.91 Å².